The van der Waals surface area contributed by atoms with Gasteiger partial charge in [-0.25, -0.2) is 0 Å². The number of carbonyl (C=O) groups is 3. The fraction of sp³-hybridized carbons (Fsp3) is 0.722. The molecule has 0 aromatic rings. The van der Waals surface area contributed by atoms with Crippen molar-refractivity contribution in [2.24, 2.45) is 34.5 Å². The Labute approximate surface area is 135 Å². The monoisotopic (exact) mass is 318 g/mol. The fourth-order valence-electron chi connectivity index (χ4n) is 6.21. The van der Waals surface area contributed by atoms with Crippen molar-refractivity contribution in [3.8, 4) is 0 Å². The molecule has 2 bridgehead atoms. The Balaban J connectivity index is 1.94. The lowest BCUT2D eigenvalue weighted by atomic mass is 9.42. The number of carbonyl (C=O) groups excluding carboxylic acids is 3. The molecule has 4 aliphatic rings. The van der Waals surface area contributed by atoms with Crippen LogP contribution in [-0.4, -0.2) is 34.9 Å². The van der Waals surface area contributed by atoms with Crippen LogP contribution in [0.3, 0.4) is 0 Å². The van der Waals surface area contributed by atoms with Gasteiger partial charge in [-0.15, -0.1) is 0 Å². The molecule has 1 N–H and O–H groups in total. The third kappa shape index (κ3) is 1.41. The molecule has 0 aromatic heterocycles. The summed E-state index contributed by atoms with van der Waals surface area (Å²) in [4.78, 5) is 38.2. The first-order chi connectivity index (χ1) is 10.6. The second-order valence-electron chi connectivity index (χ2n) is 8.20. The van der Waals surface area contributed by atoms with E-state index in [0.29, 0.717) is 0 Å². The fourth-order valence-corrected chi connectivity index (χ4v) is 6.21. The third-order valence-electron chi connectivity index (χ3n) is 7.32. The molecule has 124 valence electrons. The Morgan fingerprint density at radius 1 is 1.22 bits per heavy atom. The van der Waals surface area contributed by atoms with Gasteiger partial charge in [0.1, 0.15) is 11.9 Å². The van der Waals surface area contributed by atoms with Gasteiger partial charge in [0, 0.05) is 29.1 Å². The van der Waals surface area contributed by atoms with Crippen molar-refractivity contribution in [2.45, 2.75) is 46.3 Å². The first kappa shape index (κ1) is 15.1. The average Bonchev–Trinajstić information content (AvgIpc) is 2.83. The number of hydrogen-bond donors (Lipinski definition) is 1. The summed E-state index contributed by atoms with van der Waals surface area (Å²) in [5.74, 6) is -2.02. The molecule has 5 heteroatoms. The molecule has 2 saturated carbocycles. The molecule has 3 fully saturated rings. The molecule has 1 heterocycles. The van der Waals surface area contributed by atoms with E-state index in [1.54, 1.807) is 13.0 Å². The maximum atomic E-state index is 13.1. The average molecular weight is 318 g/mol. The number of rotatable bonds is 0. The normalized spacial score (nSPS) is 54.5. The highest BCUT2D eigenvalue weighted by molar-refractivity contribution is 6.03. The topological polar surface area (TPSA) is 80.7 Å². The molecule has 5 nitrogen and oxygen atoms in total. The zero-order valence-corrected chi connectivity index (χ0v) is 13.8. The van der Waals surface area contributed by atoms with E-state index >= 15 is 0 Å². The van der Waals surface area contributed by atoms with Gasteiger partial charge in [-0.1, -0.05) is 26.3 Å². The van der Waals surface area contributed by atoms with Crippen LogP contribution in [0.4, 0.5) is 0 Å². The Morgan fingerprint density at radius 3 is 2.52 bits per heavy atom. The van der Waals surface area contributed by atoms with Gasteiger partial charge in [0.05, 0.1) is 12.0 Å². The molecule has 23 heavy (non-hydrogen) atoms. The van der Waals surface area contributed by atoms with Gasteiger partial charge in [-0.3, -0.25) is 14.4 Å². The Bertz CT molecular complexity index is 679. The third-order valence-corrected chi connectivity index (χ3v) is 7.32. The molecular weight excluding hydrogens is 296 g/mol. The number of allylic oxidation sites excluding steroid dienone is 2. The minimum Gasteiger partial charge on any atom is -0.459 e. The van der Waals surface area contributed by atoms with E-state index in [1.165, 1.54) is 0 Å². The molecule has 4 rings (SSSR count). The van der Waals surface area contributed by atoms with Crippen molar-refractivity contribution in [1.29, 1.82) is 0 Å². The summed E-state index contributed by atoms with van der Waals surface area (Å²) < 4.78 is 5.40. The van der Waals surface area contributed by atoms with Crippen molar-refractivity contribution in [2.75, 3.05) is 0 Å². The van der Waals surface area contributed by atoms with Crippen molar-refractivity contribution in [3.05, 3.63) is 11.6 Å². The largest absolute Gasteiger partial charge is 0.459 e. The van der Waals surface area contributed by atoms with E-state index in [2.05, 4.69) is 0 Å². The zero-order chi connectivity index (χ0) is 16.9. The smallest absolute Gasteiger partial charge is 0.310 e. The van der Waals surface area contributed by atoms with Crippen LogP contribution in [0, 0.1) is 34.5 Å². The number of hydrogen-bond acceptors (Lipinski definition) is 5. The number of ketones is 2. The van der Waals surface area contributed by atoms with Crippen LogP contribution in [0.15, 0.2) is 11.6 Å². The molecule has 0 spiro atoms. The molecule has 1 aliphatic heterocycles. The van der Waals surface area contributed by atoms with E-state index in [-0.39, 0.29) is 29.8 Å². The Kier molecular flexibility index (Phi) is 2.70. The van der Waals surface area contributed by atoms with E-state index < -0.39 is 40.8 Å². The highest BCUT2D eigenvalue weighted by atomic mass is 16.6. The van der Waals surface area contributed by atoms with Crippen LogP contribution in [0.2, 0.25) is 0 Å². The summed E-state index contributed by atoms with van der Waals surface area (Å²) in [6, 6.07) is 0. The van der Waals surface area contributed by atoms with E-state index in [9.17, 15) is 19.5 Å². The van der Waals surface area contributed by atoms with Gasteiger partial charge >= 0.3 is 5.97 Å². The van der Waals surface area contributed by atoms with Crippen LogP contribution >= 0.6 is 0 Å². The van der Waals surface area contributed by atoms with Gasteiger partial charge in [-0.2, -0.15) is 0 Å². The van der Waals surface area contributed by atoms with Crippen molar-refractivity contribution < 1.29 is 24.2 Å². The molecule has 0 aromatic carbocycles. The van der Waals surface area contributed by atoms with Crippen LogP contribution in [0.1, 0.15) is 34.1 Å². The highest BCUT2D eigenvalue weighted by Crippen LogP contribution is 2.66. The summed E-state index contributed by atoms with van der Waals surface area (Å²) in [6.45, 7) is 7.34. The molecule has 0 unspecified atom stereocenters. The lowest BCUT2D eigenvalue weighted by Gasteiger charge is -2.58. The van der Waals surface area contributed by atoms with Crippen LogP contribution in [0.5, 0.6) is 0 Å². The first-order valence-corrected chi connectivity index (χ1v) is 8.29. The van der Waals surface area contributed by atoms with Gasteiger partial charge in [0.25, 0.3) is 0 Å². The van der Waals surface area contributed by atoms with E-state index in [4.69, 9.17) is 4.74 Å². The summed E-state index contributed by atoms with van der Waals surface area (Å²) in [5, 5.41) is 11.0. The molecule has 8 atom stereocenters. The van der Waals surface area contributed by atoms with Crippen molar-refractivity contribution in [1.82, 2.24) is 0 Å². The number of ether oxygens (including phenoxy) is 1. The predicted octanol–water partition coefficient (Wildman–Crippen LogP) is 1.29. The molecule has 0 radical (unpaired) electrons. The summed E-state index contributed by atoms with van der Waals surface area (Å²) in [7, 11) is 0. The Morgan fingerprint density at radius 2 is 1.87 bits per heavy atom. The number of esters is 1. The zero-order valence-electron chi connectivity index (χ0n) is 13.8. The van der Waals surface area contributed by atoms with E-state index in [0.717, 1.165) is 5.57 Å². The van der Waals surface area contributed by atoms with Gasteiger partial charge < -0.3 is 9.84 Å². The maximum Gasteiger partial charge on any atom is 0.310 e. The van der Waals surface area contributed by atoms with Gasteiger partial charge in [-0.05, 0) is 18.9 Å². The number of fused-ring (bicyclic) bond motifs is 6. The van der Waals surface area contributed by atoms with E-state index in [1.807, 2.05) is 20.8 Å². The summed E-state index contributed by atoms with van der Waals surface area (Å²) >= 11 is 0. The standard InChI is InChI=1S/C18H22O5/c1-7-5-10(19)17(3)9(7)6-11(20)18(4)12-8(2)14(23-16(12)22)13(21)15(17)18/h5,8-9,12-15,21H,6H2,1-4H3/t8-,9-,12-,13+,14-,15-,17-,18+/m1/s1. The van der Waals surface area contributed by atoms with Gasteiger partial charge in [0.15, 0.2) is 5.78 Å². The minimum absolute atomic E-state index is 0.0272. The summed E-state index contributed by atoms with van der Waals surface area (Å²) in [6.07, 6.45) is 0.255. The number of aliphatic hydroxyl groups excluding tert-OH is 1. The molecule has 3 aliphatic carbocycles. The highest BCUT2D eigenvalue weighted by Gasteiger charge is 2.74. The minimum atomic E-state index is -1.04. The molecule has 0 amide bonds. The molecular formula is C18H22O5. The SMILES string of the molecule is CC1=CC(=O)[C@]2(C)[C@H]3[C@@H](O)[C@@H]4OC(=O)[C@@H]([C@H]4C)[C@]3(C)C(=O)C[C@H]12. The second-order valence-corrected chi connectivity index (χ2v) is 8.20. The van der Waals surface area contributed by atoms with Crippen LogP contribution < -0.4 is 0 Å². The van der Waals surface area contributed by atoms with Crippen LogP contribution in [-0.2, 0) is 19.1 Å². The van der Waals surface area contributed by atoms with Crippen molar-refractivity contribution in [3.63, 3.8) is 0 Å². The lowest BCUT2D eigenvalue weighted by Crippen LogP contribution is -2.67. The predicted molar refractivity (Wildman–Crippen MR) is 80.1 cm³/mol. The van der Waals surface area contributed by atoms with Crippen LogP contribution in [0.25, 0.3) is 0 Å². The number of aliphatic hydroxyl groups is 1. The summed E-state index contributed by atoms with van der Waals surface area (Å²) in [5.41, 5.74) is -0.975. The van der Waals surface area contributed by atoms with Gasteiger partial charge in [0.2, 0.25) is 0 Å². The number of Topliss-reactive ketones (excluding diaryl/α,β-unsaturated/α-hetero) is 1. The first-order valence-electron chi connectivity index (χ1n) is 8.29. The lowest BCUT2D eigenvalue weighted by molar-refractivity contribution is -0.186. The maximum absolute atomic E-state index is 13.1. The second kappa shape index (κ2) is 4.12. The van der Waals surface area contributed by atoms with Crippen molar-refractivity contribution >= 4 is 17.5 Å². The molecule has 1 saturated heterocycles. The Hall–Kier alpha value is -1.49. The quantitative estimate of drug-likeness (QED) is 0.681.